The molecule has 2 heteroatoms. The van der Waals surface area contributed by atoms with Gasteiger partial charge in [0.1, 0.15) is 5.75 Å². The van der Waals surface area contributed by atoms with Gasteiger partial charge in [-0.2, -0.15) is 0 Å². The van der Waals surface area contributed by atoms with Crippen molar-refractivity contribution in [1.29, 1.82) is 0 Å². The highest BCUT2D eigenvalue weighted by atomic mass is 16.5. The first kappa shape index (κ1) is 21.9. The summed E-state index contributed by atoms with van der Waals surface area (Å²) in [4.78, 5) is 4.71. The smallest absolute Gasteiger partial charge is 0.226 e. The molecule has 0 bridgehead atoms. The maximum Gasteiger partial charge on any atom is 0.226 e. The van der Waals surface area contributed by atoms with Crippen molar-refractivity contribution in [1.82, 2.24) is 0 Å². The molecule has 0 amide bonds. The lowest BCUT2D eigenvalue weighted by atomic mass is 9.99. The number of nitrogens with zero attached hydrogens (tertiary/aromatic N) is 1. The Labute approximate surface area is 170 Å². The third-order valence-electron chi connectivity index (χ3n) is 5.14. The fourth-order valence-corrected chi connectivity index (χ4v) is 3.33. The molecule has 2 rings (SSSR count). The van der Waals surface area contributed by atoms with Crippen LogP contribution in [0.4, 0.5) is 0 Å². The second kappa shape index (κ2) is 10.3. The van der Waals surface area contributed by atoms with Crippen LogP contribution in [-0.2, 0) is 19.3 Å². The lowest BCUT2D eigenvalue weighted by Crippen LogP contribution is -2.29. The van der Waals surface area contributed by atoms with Crippen molar-refractivity contribution in [3.63, 3.8) is 0 Å². The highest BCUT2D eigenvalue weighted by Gasteiger charge is 2.08. The minimum Gasteiger partial charge on any atom is -0.438 e. The first-order valence-corrected chi connectivity index (χ1v) is 10.5. The van der Waals surface area contributed by atoms with E-state index in [9.17, 15) is 0 Å². The van der Waals surface area contributed by atoms with Gasteiger partial charge in [-0.15, -0.1) is 0 Å². The largest absolute Gasteiger partial charge is 0.438 e. The van der Waals surface area contributed by atoms with Crippen LogP contribution in [0.5, 0.6) is 5.75 Å². The summed E-state index contributed by atoms with van der Waals surface area (Å²) in [5.74, 6) is 2.12. The number of aryl methyl sites for hydroxylation is 2. The van der Waals surface area contributed by atoms with Gasteiger partial charge in [0.05, 0.1) is 0 Å². The molecule has 0 fully saturated rings. The van der Waals surface area contributed by atoms with Gasteiger partial charge in [-0.1, -0.05) is 58.9 Å². The molecule has 0 N–H and O–H groups in total. The lowest BCUT2D eigenvalue weighted by molar-refractivity contribution is 0.495. The first-order chi connectivity index (χ1) is 13.4. The minimum atomic E-state index is 0.628. The molecular weight excluding hydrogens is 342 g/mol. The van der Waals surface area contributed by atoms with Gasteiger partial charge < -0.3 is 4.74 Å². The number of hydrogen-bond acceptors (Lipinski definition) is 2. The van der Waals surface area contributed by atoms with E-state index in [4.69, 9.17) is 9.73 Å². The fourth-order valence-electron chi connectivity index (χ4n) is 3.33. The van der Waals surface area contributed by atoms with Crippen LogP contribution < -0.4 is 15.2 Å². The van der Waals surface area contributed by atoms with Crippen molar-refractivity contribution in [3.8, 4) is 5.75 Å². The molecule has 0 aliphatic rings. The molecule has 2 nitrogen and oxygen atoms in total. The summed E-state index contributed by atoms with van der Waals surface area (Å²) in [6.45, 7) is 17.1. The quantitative estimate of drug-likeness (QED) is 0.562. The van der Waals surface area contributed by atoms with E-state index in [0.29, 0.717) is 11.8 Å². The SMILES string of the molecule is C=c1cc(CC)c(CC)c/c1=C(/N=C(C)C)Oc1cccc(CC(C)CC)c1. The normalized spacial score (nSPS) is 13.1. The van der Waals surface area contributed by atoms with E-state index in [1.807, 2.05) is 19.9 Å². The number of hydrogen-bond donors (Lipinski definition) is 0. The van der Waals surface area contributed by atoms with Gasteiger partial charge in [0.15, 0.2) is 0 Å². The summed E-state index contributed by atoms with van der Waals surface area (Å²) in [7, 11) is 0. The Kier molecular flexibility index (Phi) is 8.04. The van der Waals surface area contributed by atoms with Crippen LogP contribution in [-0.4, -0.2) is 5.71 Å². The van der Waals surface area contributed by atoms with Gasteiger partial charge in [0.2, 0.25) is 5.88 Å². The van der Waals surface area contributed by atoms with Gasteiger partial charge in [0, 0.05) is 10.9 Å². The van der Waals surface area contributed by atoms with Gasteiger partial charge >= 0.3 is 0 Å². The van der Waals surface area contributed by atoms with E-state index >= 15 is 0 Å². The number of rotatable bonds is 8. The molecule has 0 aliphatic heterocycles. The lowest BCUT2D eigenvalue weighted by Gasteiger charge is -2.12. The predicted molar refractivity (Wildman–Crippen MR) is 122 cm³/mol. The average molecular weight is 378 g/mol. The predicted octanol–water partition coefficient (Wildman–Crippen LogP) is 5.44. The van der Waals surface area contributed by atoms with Crippen molar-refractivity contribution in [2.75, 3.05) is 0 Å². The Hall–Kier alpha value is -2.35. The van der Waals surface area contributed by atoms with E-state index in [1.165, 1.54) is 23.1 Å². The summed E-state index contributed by atoms with van der Waals surface area (Å²) in [5, 5.41) is 1.94. The molecule has 150 valence electrons. The summed E-state index contributed by atoms with van der Waals surface area (Å²) in [5.41, 5.74) is 4.94. The highest BCUT2D eigenvalue weighted by Crippen LogP contribution is 2.20. The summed E-state index contributed by atoms with van der Waals surface area (Å²) in [6, 6.07) is 12.8. The zero-order chi connectivity index (χ0) is 20.7. The van der Waals surface area contributed by atoms with Crippen LogP contribution in [0.15, 0.2) is 41.4 Å². The van der Waals surface area contributed by atoms with Gasteiger partial charge in [-0.3, -0.25) is 0 Å². The molecule has 0 spiro atoms. The second-order valence-corrected chi connectivity index (χ2v) is 7.82. The van der Waals surface area contributed by atoms with Gasteiger partial charge in [0.25, 0.3) is 0 Å². The van der Waals surface area contributed by atoms with Crippen molar-refractivity contribution in [2.24, 2.45) is 10.9 Å². The standard InChI is InChI=1S/C26H35NO/c1-8-19(6)14-21-12-11-13-24(16-21)28-26(27-18(4)5)25-17-23(10-3)22(9-2)15-20(25)7/h11-13,15-17,19H,7-10,14H2,1-6H3/b26-25+. The third-order valence-corrected chi connectivity index (χ3v) is 5.14. The molecule has 0 aliphatic carbocycles. The zero-order valence-electron chi connectivity index (χ0n) is 18.4. The van der Waals surface area contributed by atoms with Crippen molar-refractivity contribution in [2.45, 2.75) is 67.2 Å². The van der Waals surface area contributed by atoms with E-state index in [1.54, 1.807) is 0 Å². The Morgan fingerprint density at radius 3 is 2.32 bits per heavy atom. The van der Waals surface area contributed by atoms with Gasteiger partial charge in [-0.05, 0) is 79.1 Å². The molecule has 0 aromatic heterocycles. The van der Waals surface area contributed by atoms with Crippen LogP contribution in [0.3, 0.4) is 0 Å². The van der Waals surface area contributed by atoms with Crippen molar-refractivity contribution < 1.29 is 4.74 Å². The molecule has 28 heavy (non-hydrogen) atoms. The Morgan fingerprint density at radius 2 is 1.71 bits per heavy atom. The zero-order valence-corrected chi connectivity index (χ0v) is 18.4. The van der Waals surface area contributed by atoms with Crippen LogP contribution in [0.2, 0.25) is 0 Å². The molecule has 0 heterocycles. The molecule has 2 aromatic carbocycles. The monoisotopic (exact) mass is 377 g/mol. The molecule has 0 saturated heterocycles. The van der Waals surface area contributed by atoms with Crippen molar-refractivity contribution >= 4 is 18.2 Å². The number of ether oxygens (including phenoxy) is 1. The Morgan fingerprint density at radius 1 is 1.04 bits per heavy atom. The molecule has 0 radical (unpaired) electrons. The number of aliphatic imine (C=N–C) groups is 1. The summed E-state index contributed by atoms with van der Waals surface area (Å²) < 4.78 is 6.31. The molecule has 1 unspecified atom stereocenters. The Bertz CT molecular complexity index is 935. The van der Waals surface area contributed by atoms with Crippen molar-refractivity contribution in [3.05, 3.63) is 63.5 Å². The van der Waals surface area contributed by atoms with Crippen LogP contribution in [0, 0.1) is 5.92 Å². The van der Waals surface area contributed by atoms with E-state index in [2.05, 4.69) is 64.6 Å². The molecule has 0 saturated carbocycles. The summed E-state index contributed by atoms with van der Waals surface area (Å²) >= 11 is 0. The van der Waals surface area contributed by atoms with Crippen LogP contribution >= 0.6 is 0 Å². The minimum absolute atomic E-state index is 0.628. The second-order valence-electron chi connectivity index (χ2n) is 7.82. The van der Waals surface area contributed by atoms with Gasteiger partial charge in [-0.25, -0.2) is 4.99 Å². The summed E-state index contributed by atoms with van der Waals surface area (Å²) in [6.07, 6.45) is 4.24. The van der Waals surface area contributed by atoms with Crippen LogP contribution in [0.1, 0.15) is 64.7 Å². The maximum atomic E-state index is 6.31. The molecule has 1 atom stereocenters. The molecule has 2 aromatic rings. The first-order valence-electron chi connectivity index (χ1n) is 10.5. The van der Waals surface area contributed by atoms with E-state index in [0.717, 1.165) is 41.2 Å². The van der Waals surface area contributed by atoms with Crippen LogP contribution in [0.25, 0.3) is 12.5 Å². The fraction of sp³-hybridized carbons (Fsp3) is 0.423. The van der Waals surface area contributed by atoms with E-state index in [-0.39, 0.29) is 0 Å². The van der Waals surface area contributed by atoms with E-state index < -0.39 is 0 Å². The third kappa shape index (κ3) is 5.82. The molecular formula is C26H35NO. The Balaban J connectivity index is 2.55. The average Bonchev–Trinajstić information content (AvgIpc) is 2.67. The highest BCUT2D eigenvalue weighted by molar-refractivity contribution is 5.82. The maximum absolute atomic E-state index is 6.31. The topological polar surface area (TPSA) is 21.6 Å². The number of benzene rings is 2.